The van der Waals surface area contributed by atoms with E-state index in [1.807, 2.05) is 13.0 Å². The summed E-state index contributed by atoms with van der Waals surface area (Å²) >= 11 is 4.75. The summed E-state index contributed by atoms with van der Waals surface area (Å²) < 4.78 is 0. The molecule has 0 radical (unpaired) electrons. The van der Waals surface area contributed by atoms with E-state index in [1.165, 1.54) is 0 Å². The maximum absolute atomic E-state index is 5.03. The number of thiocarbonyl (C=S) groups is 1. The topological polar surface area (TPSA) is 78.8 Å². The van der Waals surface area contributed by atoms with Crippen molar-refractivity contribution < 1.29 is 0 Å². The van der Waals surface area contributed by atoms with Crippen LogP contribution in [0.15, 0.2) is 6.07 Å². The van der Waals surface area contributed by atoms with Crippen molar-refractivity contribution in [2.75, 3.05) is 5.32 Å². The molecule has 0 amide bonds. The lowest BCUT2D eigenvalue weighted by Gasteiger charge is -2.00. The molecule has 5 nitrogen and oxygen atoms in total. The van der Waals surface area contributed by atoms with Crippen LogP contribution in [0.4, 0.5) is 5.82 Å². The molecule has 1 rings (SSSR count). The predicted octanol–water partition coefficient (Wildman–Crippen LogP) is -0.122. The number of anilines is 1. The molecule has 0 saturated heterocycles. The number of rotatable bonds is 1. The van der Waals surface area contributed by atoms with Gasteiger partial charge >= 0.3 is 0 Å². The first-order valence-electron chi connectivity index (χ1n) is 3.02. The lowest BCUT2D eigenvalue weighted by atomic mass is 10.5. The molecule has 5 N–H and O–H groups in total. The highest BCUT2D eigenvalue weighted by Gasteiger charge is 1.97. The van der Waals surface area contributed by atoms with Crippen molar-refractivity contribution >= 4 is 23.1 Å². The fourth-order valence-corrected chi connectivity index (χ4v) is 0.739. The summed E-state index contributed by atoms with van der Waals surface area (Å²) in [7, 11) is 0. The van der Waals surface area contributed by atoms with Gasteiger partial charge in [0, 0.05) is 11.8 Å². The number of hydrogen-bond donors (Lipinski definition) is 4. The van der Waals surface area contributed by atoms with Gasteiger partial charge in [-0.2, -0.15) is 5.10 Å². The van der Waals surface area contributed by atoms with Crippen LogP contribution in [0, 0.1) is 6.92 Å². The van der Waals surface area contributed by atoms with Crippen molar-refractivity contribution in [2.24, 2.45) is 5.84 Å². The van der Waals surface area contributed by atoms with E-state index in [1.54, 1.807) is 0 Å². The highest BCUT2D eigenvalue weighted by Crippen LogP contribution is 2.02. The van der Waals surface area contributed by atoms with E-state index in [0.29, 0.717) is 10.9 Å². The summed E-state index contributed by atoms with van der Waals surface area (Å²) in [5.41, 5.74) is 3.25. The van der Waals surface area contributed by atoms with E-state index in [2.05, 4.69) is 20.9 Å². The number of aromatic amines is 1. The van der Waals surface area contributed by atoms with Gasteiger partial charge in [-0.3, -0.25) is 5.10 Å². The highest BCUT2D eigenvalue weighted by molar-refractivity contribution is 7.80. The SMILES string of the molecule is Cc1cc(NC(=S)NN)n[nH]1. The zero-order chi connectivity index (χ0) is 8.27. The van der Waals surface area contributed by atoms with E-state index in [0.717, 1.165) is 5.69 Å². The molecule has 0 aliphatic heterocycles. The number of hydrogen-bond acceptors (Lipinski definition) is 3. The first-order chi connectivity index (χ1) is 5.22. The van der Waals surface area contributed by atoms with E-state index in [9.17, 15) is 0 Å². The number of nitrogens with zero attached hydrogens (tertiary/aromatic N) is 1. The van der Waals surface area contributed by atoms with Gasteiger partial charge in [0.25, 0.3) is 0 Å². The van der Waals surface area contributed by atoms with Crippen LogP contribution >= 0.6 is 12.2 Å². The molecule has 60 valence electrons. The average Bonchev–Trinajstić information content (AvgIpc) is 2.35. The maximum atomic E-state index is 5.03. The van der Waals surface area contributed by atoms with Crippen LogP contribution in [0.2, 0.25) is 0 Å². The molecule has 1 heterocycles. The average molecular weight is 171 g/mol. The number of H-pyrrole nitrogens is 1. The van der Waals surface area contributed by atoms with Gasteiger partial charge < -0.3 is 10.7 Å². The van der Waals surface area contributed by atoms with Crippen molar-refractivity contribution in [3.8, 4) is 0 Å². The molecule has 0 saturated carbocycles. The first kappa shape index (κ1) is 7.96. The van der Waals surface area contributed by atoms with Crippen LogP contribution in [0.1, 0.15) is 5.69 Å². The Hall–Kier alpha value is -1.14. The monoisotopic (exact) mass is 171 g/mol. The summed E-state index contributed by atoms with van der Waals surface area (Å²) in [6.07, 6.45) is 0. The van der Waals surface area contributed by atoms with Gasteiger partial charge in [-0.25, -0.2) is 5.84 Å². The van der Waals surface area contributed by atoms with Gasteiger partial charge in [-0.1, -0.05) is 0 Å². The third-order valence-electron chi connectivity index (χ3n) is 1.08. The quantitative estimate of drug-likeness (QED) is 0.269. The molecule has 0 unspecified atom stereocenters. The molecule has 0 aliphatic rings. The fraction of sp³-hybridized carbons (Fsp3) is 0.200. The molecular formula is C5H9N5S. The van der Waals surface area contributed by atoms with Gasteiger partial charge in [0.15, 0.2) is 10.9 Å². The third-order valence-corrected chi connectivity index (χ3v) is 1.30. The van der Waals surface area contributed by atoms with Crippen LogP contribution in [0.3, 0.4) is 0 Å². The second-order valence-corrected chi connectivity index (χ2v) is 2.44. The molecule has 0 spiro atoms. The number of nitrogens with one attached hydrogen (secondary N) is 3. The summed E-state index contributed by atoms with van der Waals surface area (Å²) in [6, 6.07) is 1.82. The first-order valence-corrected chi connectivity index (χ1v) is 3.43. The number of nitrogens with two attached hydrogens (primary N) is 1. The molecule has 0 aromatic carbocycles. The Kier molecular flexibility index (Phi) is 2.40. The smallest absolute Gasteiger partial charge is 0.186 e. The van der Waals surface area contributed by atoms with Crippen molar-refractivity contribution in [3.63, 3.8) is 0 Å². The zero-order valence-corrected chi connectivity index (χ0v) is 6.83. The van der Waals surface area contributed by atoms with Crippen molar-refractivity contribution in [3.05, 3.63) is 11.8 Å². The minimum Gasteiger partial charge on any atom is -0.315 e. The molecule has 0 bridgehead atoms. The Morgan fingerprint density at radius 1 is 1.82 bits per heavy atom. The Labute approximate surface area is 69.3 Å². The normalized spacial score (nSPS) is 9.27. The molecule has 11 heavy (non-hydrogen) atoms. The second kappa shape index (κ2) is 3.31. The van der Waals surface area contributed by atoms with Crippen LogP contribution in [-0.2, 0) is 0 Å². The highest BCUT2D eigenvalue weighted by atomic mass is 32.1. The summed E-state index contributed by atoms with van der Waals surface area (Å²) in [6.45, 7) is 1.90. The Bertz CT molecular complexity index is 255. The minimum absolute atomic E-state index is 0.344. The maximum Gasteiger partial charge on any atom is 0.186 e. The van der Waals surface area contributed by atoms with Crippen molar-refractivity contribution in [2.45, 2.75) is 6.92 Å². The largest absolute Gasteiger partial charge is 0.315 e. The van der Waals surface area contributed by atoms with Crippen LogP contribution < -0.4 is 16.6 Å². The van der Waals surface area contributed by atoms with Gasteiger partial charge in [-0.05, 0) is 19.1 Å². The molecule has 0 aliphatic carbocycles. The lowest BCUT2D eigenvalue weighted by Crippen LogP contribution is -2.34. The number of aryl methyl sites for hydroxylation is 1. The van der Waals surface area contributed by atoms with Crippen LogP contribution in [0.5, 0.6) is 0 Å². The molecule has 6 heteroatoms. The predicted molar refractivity (Wildman–Crippen MR) is 46.9 cm³/mol. The molecule has 1 aromatic rings. The Morgan fingerprint density at radius 2 is 2.55 bits per heavy atom. The summed E-state index contributed by atoms with van der Waals surface area (Å²) in [5.74, 6) is 5.69. The van der Waals surface area contributed by atoms with E-state index in [4.69, 9.17) is 18.1 Å². The van der Waals surface area contributed by atoms with E-state index >= 15 is 0 Å². The number of hydrazine groups is 1. The minimum atomic E-state index is 0.344. The molecule has 0 atom stereocenters. The Morgan fingerprint density at radius 3 is 3.00 bits per heavy atom. The van der Waals surface area contributed by atoms with Gasteiger partial charge in [0.2, 0.25) is 0 Å². The molecular weight excluding hydrogens is 162 g/mol. The van der Waals surface area contributed by atoms with Gasteiger partial charge in [0.1, 0.15) is 0 Å². The Balaban J connectivity index is 2.57. The standard InChI is InChI=1S/C5H9N5S/c1-3-2-4(10-9-3)7-5(11)8-6/h2H,6H2,1H3,(H3,7,8,9,10,11). The van der Waals surface area contributed by atoms with Gasteiger partial charge in [0.05, 0.1) is 0 Å². The number of aromatic nitrogens is 2. The zero-order valence-electron chi connectivity index (χ0n) is 6.01. The summed E-state index contributed by atoms with van der Waals surface area (Å²) in [4.78, 5) is 0. The summed E-state index contributed by atoms with van der Waals surface area (Å²) in [5, 5.41) is 9.75. The molecule has 1 aromatic heterocycles. The van der Waals surface area contributed by atoms with Crippen LogP contribution in [0.25, 0.3) is 0 Å². The van der Waals surface area contributed by atoms with E-state index in [-0.39, 0.29) is 0 Å². The van der Waals surface area contributed by atoms with Crippen molar-refractivity contribution in [1.82, 2.24) is 15.6 Å². The van der Waals surface area contributed by atoms with E-state index < -0.39 is 0 Å². The second-order valence-electron chi connectivity index (χ2n) is 2.03. The third kappa shape index (κ3) is 2.17. The van der Waals surface area contributed by atoms with Crippen molar-refractivity contribution in [1.29, 1.82) is 0 Å². The van der Waals surface area contributed by atoms with Crippen LogP contribution in [-0.4, -0.2) is 15.3 Å². The van der Waals surface area contributed by atoms with Gasteiger partial charge in [-0.15, -0.1) is 0 Å². The fourth-order valence-electron chi connectivity index (χ4n) is 0.634. The lowest BCUT2D eigenvalue weighted by molar-refractivity contribution is 1.03. The molecule has 0 fully saturated rings.